The lowest BCUT2D eigenvalue weighted by molar-refractivity contribution is 0.0342. The predicted molar refractivity (Wildman–Crippen MR) is 119 cm³/mol. The topological polar surface area (TPSA) is 99.5 Å². The van der Waals surface area contributed by atoms with Crippen molar-refractivity contribution in [1.29, 1.82) is 0 Å². The van der Waals surface area contributed by atoms with Crippen LogP contribution in [0.4, 0.5) is 4.39 Å². The molecule has 4 aromatic rings. The Morgan fingerprint density at radius 2 is 1.91 bits per heavy atom. The van der Waals surface area contributed by atoms with Crippen molar-refractivity contribution in [3.05, 3.63) is 93.8 Å². The molecule has 32 heavy (non-hydrogen) atoms. The van der Waals surface area contributed by atoms with Crippen LogP contribution in [0.2, 0.25) is 0 Å². The van der Waals surface area contributed by atoms with E-state index in [1.165, 1.54) is 22.8 Å². The smallest absolute Gasteiger partial charge is 0.274 e. The van der Waals surface area contributed by atoms with Gasteiger partial charge in [-0.05, 0) is 38.0 Å². The van der Waals surface area contributed by atoms with Gasteiger partial charge in [0.05, 0.1) is 23.5 Å². The lowest BCUT2D eigenvalue weighted by atomic mass is 9.92. The number of rotatable bonds is 5. The molecule has 8 heteroatoms. The van der Waals surface area contributed by atoms with Crippen LogP contribution in [-0.2, 0) is 0 Å². The molecule has 0 radical (unpaired) electrons. The first-order chi connectivity index (χ1) is 15.1. The third kappa shape index (κ3) is 4.17. The molecule has 0 aliphatic heterocycles. The van der Waals surface area contributed by atoms with Crippen LogP contribution in [0.1, 0.15) is 41.5 Å². The van der Waals surface area contributed by atoms with Crippen LogP contribution in [-0.4, -0.2) is 31.2 Å². The van der Waals surface area contributed by atoms with Crippen molar-refractivity contribution in [3.8, 4) is 11.3 Å². The summed E-state index contributed by atoms with van der Waals surface area (Å²) in [6.45, 7) is 4.86. The number of aromatic nitrogens is 3. The lowest BCUT2D eigenvalue weighted by Crippen LogP contribution is -2.42. The van der Waals surface area contributed by atoms with Gasteiger partial charge in [-0.15, -0.1) is 0 Å². The highest BCUT2D eigenvalue weighted by Gasteiger charge is 2.30. The highest BCUT2D eigenvalue weighted by molar-refractivity contribution is 5.93. The molecule has 0 saturated heterocycles. The molecular weight excluding hydrogens is 411 g/mol. The van der Waals surface area contributed by atoms with Gasteiger partial charge < -0.3 is 15.4 Å². The highest BCUT2D eigenvalue weighted by atomic mass is 19.1. The number of carbonyl (C=O) groups excluding carboxylic acids is 1. The Bertz CT molecular complexity index is 1350. The Morgan fingerprint density at radius 3 is 2.56 bits per heavy atom. The maximum atomic E-state index is 14.0. The van der Waals surface area contributed by atoms with Crippen LogP contribution in [0.15, 0.2) is 65.6 Å². The Hall–Kier alpha value is -3.78. The number of carbonyl (C=O) groups is 1. The van der Waals surface area contributed by atoms with Gasteiger partial charge >= 0.3 is 0 Å². The number of halogens is 1. The SMILES string of the molecule is Cc1ccc(-c2cn3nc(C(=O)N[C@@H](c4ccccc4)C(C)(C)O)cc3c(=O)[nH]2)cc1F. The van der Waals surface area contributed by atoms with Crippen LogP contribution in [0.3, 0.4) is 0 Å². The molecule has 0 spiro atoms. The molecule has 1 atom stereocenters. The zero-order valence-corrected chi connectivity index (χ0v) is 17.9. The maximum Gasteiger partial charge on any atom is 0.274 e. The van der Waals surface area contributed by atoms with E-state index in [0.29, 0.717) is 16.8 Å². The van der Waals surface area contributed by atoms with E-state index >= 15 is 0 Å². The Morgan fingerprint density at radius 1 is 1.19 bits per heavy atom. The molecule has 2 aromatic heterocycles. The van der Waals surface area contributed by atoms with E-state index in [2.05, 4.69) is 15.4 Å². The van der Waals surface area contributed by atoms with Crippen molar-refractivity contribution in [3.63, 3.8) is 0 Å². The van der Waals surface area contributed by atoms with Crippen molar-refractivity contribution < 1.29 is 14.3 Å². The third-order valence-electron chi connectivity index (χ3n) is 5.30. The number of aryl methyl sites for hydroxylation is 1. The predicted octanol–water partition coefficient (Wildman–Crippen LogP) is 3.38. The number of H-pyrrole nitrogens is 1. The first-order valence-electron chi connectivity index (χ1n) is 10.1. The summed E-state index contributed by atoms with van der Waals surface area (Å²) in [6, 6.07) is 14.4. The fourth-order valence-corrected chi connectivity index (χ4v) is 3.54. The molecule has 0 unspecified atom stereocenters. The summed E-state index contributed by atoms with van der Waals surface area (Å²) in [5, 5.41) is 17.6. The first-order valence-corrected chi connectivity index (χ1v) is 10.1. The summed E-state index contributed by atoms with van der Waals surface area (Å²) in [4.78, 5) is 28.2. The summed E-state index contributed by atoms with van der Waals surface area (Å²) in [5.41, 5.74) is 0.579. The van der Waals surface area contributed by atoms with Crippen LogP contribution in [0.25, 0.3) is 16.8 Å². The molecule has 0 aliphatic carbocycles. The minimum absolute atomic E-state index is 0.0212. The summed E-state index contributed by atoms with van der Waals surface area (Å²) in [5.74, 6) is -0.922. The second-order valence-electron chi connectivity index (χ2n) is 8.29. The number of nitrogens with zero attached hydrogens (tertiary/aromatic N) is 2. The number of aromatic amines is 1. The average Bonchev–Trinajstić information content (AvgIpc) is 3.18. The Kier molecular flexibility index (Phi) is 5.40. The van der Waals surface area contributed by atoms with Gasteiger partial charge in [-0.3, -0.25) is 9.59 Å². The van der Waals surface area contributed by atoms with E-state index in [9.17, 15) is 19.1 Å². The minimum atomic E-state index is -1.24. The van der Waals surface area contributed by atoms with Crippen molar-refractivity contribution in [2.45, 2.75) is 32.4 Å². The molecule has 1 amide bonds. The van der Waals surface area contributed by atoms with Crippen LogP contribution >= 0.6 is 0 Å². The second kappa shape index (κ2) is 8.05. The van der Waals surface area contributed by atoms with Crippen LogP contribution in [0, 0.1) is 12.7 Å². The molecule has 2 aromatic carbocycles. The number of aliphatic hydroxyl groups is 1. The van der Waals surface area contributed by atoms with E-state index in [4.69, 9.17) is 0 Å². The summed E-state index contributed by atoms with van der Waals surface area (Å²) in [6.07, 6.45) is 1.53. The Labute approximate surface area is 183 Å². The van der Waals surface area contributed by atoms with Gasteiger partial charge in [0.1, 0.15) is 11.3 Å². The quantitative estimate of drug-likeness (QED) is 0.448. The molecular formula is C24H23FN4O3. The van der Waals surface area contributed by atoms with Gasteiger partial charge in [-0.2, -0.15) is 5.10 Å². The van der Waals surface area contributed by atoms with Crippen molar-refractivity contribution in [2.24, 2.45) is 0 Å². The Balaban J connectivity index is 1.69. The molecule has 3 N–H and O–H groups in total. The van der Waals surface area contributed by atoms with Crippen molar-refractivity contribution >= 4 is 11.4 Å². The van der Waals surface area contributed by atoms with E-state index in [0.717, 1.165) is 5.56 Å². The fourth-order valence-electron chi connectivity index (χ4n) is 3.54. The van der Waals surface area contributed by atoms with Gasteiger partial charge in [0.15, 0.2) is 5.69 Å². The number of benzene rings is 2. The number of nitrogens with one attached hydrogen (secondary N) is 2. The lowest BCUT2D eigenvalue weighted by Gasteiger charge is -2.30. The first kappa shape index (κ1) is 21.5. The molecule has 2 heterocycles. The number of amides is 1. The summed E-state index contributed by atoms with van der Waals surface area (Å²) < 4.78 is 15.3. The van der Waals surface area contributed by atoms with Gasteiger partial charge in [0, 0.05) is 11.6 Å². The average molecular weight is 434 g/mol. The molecule has 0 aliphatic rings. The van der Waals surface area contributed by atoms with E-state index in [1.807, 2.05) is 30.3 Å². The third-order valence-corrected chi connectivity index (χ3v) is 5.30. The summed E-state index contributed by atoms with van der Waals surface area (Å²) >= 11 is 0. The van der Waals surface area contributed by atoms with Gasteiger partial charge in [-0.25, -0.2) is 8.91 Å². The summed E-state index contributed by atoms with van der Waals surface area (Å²) in [7, 11) is 0. The van der Waals surface area contributed by atoms with E-state index in [1.54, 1.807) is 32.9 Å². The fraction of sp³-hybridized carbons (Fsp3) is 0.208. The maximum absolute atomic E-state index is 14.0. The van der Waals surface area contributed by atoms with Crippen molar-refractivity contribution in [1.82, 2.24) is 19.9 Å². The molecule has 0 bridgehead atoms. The van der Waals surface area contributed by atoms with Crippen LogP contribution in [0.5, 0.6) is 0 Å². The normalized spacial score (nSPS) is 12.7. The minimum Gasteiger partial charge on any atom is -0.388 e. The number of hydrogen-bond donors (Lipinski definition) is 3. The molecule has 0 saturated carbocycles. The zero-order valence-electron chi connectivity index (χ0n) is 17.9. The molecule has 164 valence electrons. The zero-order chi connectivity index (χ0) is 23.0. The highest BCUT2D eigenvalue weighted by Crippen LogP contribution is 2.26. The van der Waals surface area contributed by atoms with Crippen molar-refractivity contribution in [2.75, 3.05) is 0 Å². The number of hydrogen-bond acceptors (Lipinski definition) is 4. The standard InChI is InChI=1S/C24H23FN4O3/c1-14-9-10-16(11-17(14)25)19-13-29-20(23(31)26-19)12-18(28-29)22(30)27-21(24(2,3)32)15-7-5-4-6-8-15/h4-13,21,32H,1-3H3,(H,26,31)(H,27,30)/t21-/m0/s1. The molecule has 0 fully saturated rings. The van der Waals surface area contributed by atoms with E-state index in [-0.39, 0.29) is 17.0 Å². The van der Waals surface area contributed by atoms with Crippen LogP contribution < -0.4 is 10.9 Å². The number of fused-ring (bicyclic) bond motifs is 1. The van der Waals surface area contributed by atoms with Gasteiger partial charge in [0.2, 0.25) is 0 Å². The molecule has 4 rings (SSSR count). The van der Waals surface area contributed by atoms with Gasteiger partial charge in [-0.1, -0.05) is 42.5 Å². The molecule has 7 nitrogen and oxygen atoms in total. The monoisotopic (exact) mass is 434 g/mol. The second-order valence-corrected chi connectivity index (χ2v) is 8.29. The van der Waals surface area contributed by atoms with E-state index < -0.39 is 23.1 Å². The van der Waals surface area contributed by atoms with Gasteiger partial charge in [0.25, 0.3) is 11.5 Å². The largest absolute Gasteiger partial charge is 0.388 e.